The number of nitro groups is 1. The van der Waals surface area contributed by atoms with Crippen molar-refractivity contribution in [3.05, 3.63) is 58.2 Å². The van der Waals surface area contributed by atoms with Crippen molar-refractivity contribution >= 4 is 23.0 Å². The summed E-state index contributed by atoms with van der Waals surface area (Å²) in [6.07, 6.45) is -0.760. The lowest BCUT2D eigenvalue weighted by Crippen LogP contribution is -2.08. The van der Waals surface area contributed by atoms with Crippen LogP contribution >= 0.6 is 0 Å². The van der Waals surface area contributed by atoms with Crippen molar-refractivity contribution in [2.24, 2.45) is 0 Å². The molecule has 3 aromatic rings. The fourth-order valence-electron chi connectivity index (χ4n) is 1.87. The molecule has 2 heterocycles. The largest absolute Gasteiger partial charge is 0.447 e. The molecule has 112 valence electrons. The standard InChI is InChI=1S/C14H10N2O6/c1-8(13-15-9-4-2-3-5-10(9)22-13)20-14(17)11-6-7-12(21-11)16(18)19/h2-8H,1H3. The molecule has 0 aliphatic carbocycles. The number of nitrogens with zero attached hydrogens (tertiary/aromatic N) is 2. The molecule has 0 fully saturated rings. The van der Waals surface area contributed by atoms with Crippen LogP contribution in [0.5, 0.6) is 0 Å². The molecule has 2 aromatic heterocycles. The van der Waals surface area contributed by atoms with Crippen LogP contribution in [0.3, 0.4) is 0 Å². The number of esters is 1. The highest BCUT2D eigenvalue weighted by Gasteiger charge is 2.23. The number of carbonyl (C=O) groups is 1. The zero-order valence-corrected chi connectivity index (χ0v) is 11.4. The maximum absolute atomic E-state index is 11.9. The second-order valence-corrected chi connectivity index (χ2v) is 4.46. The Morgan fingerprint density at radius 3 is 2.73 bits per heavy atom. The Balaban J connectivity index is 1.76. The summed E-state index contributed by atoms with van der Waals surface area (Å²) in [6, 6.07) is 9.40. The Kier molecular flexibility index (Phi) is 3.34. The molecular weight excluding hydrogens is 292 g/mol. The minimum absolute atomic E-state index is 0.232. The molecule has 0 aliphatic heterocycles. The van der Waals surface area contributed by atoms with Gasteiger partial charge in [-0.1, -0.05) is 12.1 Å². The summed E-state index contributed by atoms with van der Waals surface area (Å²) < 4.78 is 15.4. The van der Waals surface area contributed by atoms with Gasteiger partial charge in [0.15, 0.2) is 11.7 Å². The Bertz CT molecular complexity index is 817. The van der Waals surface area contributed by atoms with Crippen LogP contribution < -0.4 is 0 Å². The minimum Gasteiger partial charge on any atom is -0.447 e. The number of ether oxygens (including phenoxy) is 1. The van der Waals surface area contributed by atoms with Crippen molar-refractivity contribution in [1.82, 2.24) is 4.98 Å². The van der Waals surface area contributed by atoms with E-state index >= 15 is 0 Å². The highest BCUT2D eigenvalue weighted by molar-refractivity contribution is 5.86. The van der Waals surface area contributed by atoms with E-state index in [1.54, 1.807) is 25.1 Å². The summed E-state index contributed by atoms with van der Waals surface area (Å²) in [4.78, 5) is 25.9. The number of rotatable bonds is 4. The summed E-state index contributed by atoms with van der Waals surface area (Å²) in [5.74, 6) is -1.38. The molecule has 0 saturated carbocycles. The Hall–Kier alpha value is -3.16. The van der Waals surface area contributed by atoms with Crippen LogP contribution in [0.1, 0.15) is 29.5 Å². The Labute approximate surface area is 123 Å². The van der Waals surface area contributed by atoms with Crippen LogP contribution in [-0.4, -0.2) is 15.9 Å². The molecule has 22 heavy (non-hydrogen) atoms. The van der Waals surface area contributed by atoms with E-state index < -0.39 is 22.9 Å². The number of benzene rings is 1. The predicted molar refractivity (Wildman–Crippen MR) is 73.2 cm³/mol. The van der Waals surface area contributed by atoms with Gasteiger partial charge in [-0.3, -0.25) is 10.1 Å². The van der Waals surface area contributed by atoms with Crippen molar-refractivity contribution in [3.8, 4) is 0 Å². The van der Waals surface area contributed by atoms with Crippen molar-refractivity contribution in [2.45, 2.75) is 13.0 Å². The first kappa shape index (κ1) is 13.8. The van der Waals surface area contributed by atoms with E-state index in [4.69, 9.17) is 13.6 Å². The molecule has 8 heteroatoms. The summed E-state index contributed by atoms with van der Waals surface area (Å²) in [6.45, 7) is 1.58. The van der Waals surface area contributed by atoms with E-state index in [2.05, 4.69) is 4.98 Å². The number of aromatic nitrogens is 1. The molecular formula is C14H10N2O6. The summed E-state index contributed by atoms with van der Waals surface area (Å²) in [7, 11) is 0. The van der Waals surface area contributed by atoms with Gasteiger partial charge in [0, 0.05) is 0 Å². The fraction of sp³-hybridized carbons (Fsp3) is 0.143. The van der Waals surface area contributed by atoms with Crippen LogP contribution in [-0.2, 0) is 4.74 Å². The van der Waals surface area contributed by atoms with E-state index in [0.29, 0.717) is 11.1 Å². The van der Waals surface area contributed by atoms with Gasteiger partial charge in [0.2, 0.25) is 11.7 Å². The number of carbonyl (C=O) groups excluding carboxylic acids is 1. The summed E-state index contributed by atoms with van der Waals surface area (Å²) in [5.41, 5.74) is 1.23. The van der Waals surface area contributed by atoms with Crippen molar-refractivity contribution < 1.29 is 23.3 Å². The molecule has 0 spiro atoms. The van der Waals surface area contributed by atoms with E-state index in [-0.39, 0.29) is 11.7 Å². The molecule has 1 atom stereocenters. The maximum Gasteiger partial charge on any atom is 0.433 e. The molecule has 1 unspecified atom stereocenters. The molecule has 0 saturated heterocycles. The van der Waals surface area contributed by atoms with Gasteiger partial charge < -0.3 is 13.6 Å². The molecule has 0 radical (unpaired) electrons. The molecule has 0 N–H and O–H groups in total. The Morgan fingerprint density at radius 2 is 2.05 bits per heavy atom. The Morgan fingerprint density at radius 1 is 1.27 bits per heavy atom. The number of furan rings is 1. The van der Waals surface area contributed by atoms with Crippen molar-refractivity contribution in [1.29, 1.82) is 0 Å². The summed E-state index contributed by atoms with van der Waals surface area (Å²) in [5, 5.41) is 10.5. The highest BCUT2D eigenvalue weighted by atomic mass is 16.7. The van der Waals surface area contributed by atoms with Gasteiger partial charge in [-0.15, -0.1) is 0 Å². The predicted octanol–water partition coefficient (Wildman–Crippen LogP) is 3.25. The SMILES string of the molecule is CC(OC(=O)c1ccc([N+](=O)[O-])o1)c1nc2ccccc2o1. The summed E-state index contributed by atoms with van der Waals surface area (Å²) >= 11 is 0. The quantitative estimate of drug-likeness (QED) is 0.413. The monoisotopic (exact) mass is 302 g/mol. The number of fused-ring (bicyclic) bond motifs is 1. The van der Waals surface area contributed by atoms with Crippen LogP contribution in [0.4, 0.5) is 5.88 Å². The molecule has 0 bridgehead atoms. The van der Waals surface area contributed by atoms with E-state index in [1.807, 2.05) is 6.07 Å². The van der Waals surface area contributed by atoms with Gasteiger partial charge in [-0.25, -0.2) is 9.78 Å². The third-order valence-electron chi connectivity index (χ3n) is 2.91. The normalized spacial score (nSPS) is 12.2. The van der Waals surface area contributed by atoms with Crippen LogP contribution in [0.15, 0.2) is 45.2 Å². The van der Waals surface area contributed by atoms with Gasteiger partial charge in [-0.2, -0.15) is 0 Å². The number of hydrogen-bond acceptors (Lipinski definition) is 7. The molecule has 0 amide bonds. The maximum atomic E-state index is 11.9. The second-order valence-electron chi connectivity index (χ2n) is 4.46. The zero-order valence-electron chi connectivity index (χ0n) is 11.4. The minimum atomic E-state index is -0.831. The molecule has 3 rings (SSSR count). The van der Waals surface area contributed by atoms with E-state index in [9.17, 15) is 14.9 Å². The number of hydrogen-bond donors (Lipinski definition) is 0. The van der Waals surface area contributed by atoms with Gasteiger partial charge in [-0.05, 0) is 25.1 Å². The van der Waals surface area contributed by atoms with Gasteiger partial charge >= 0.3 is 11.9 Å². The van der Waals surface area contributed by atoms with Crippen molar-refractivity contribution in [2.75, 3.05) is 0 Å². The molecule has 1 aromatic carbocycles. The third kappa shape index (κ3) is 2.53. The lowest BCUT2D eigenvalue weighted by atomic mass is 10.3. The lowest BCUT2D eigenvalue weighted by Gasteiger charge is -2.07. The van der Waals surface area contributed by atoms with Crippen LogP contribution in [0.2, 0.25) is 0 Å². The van der Waals surface area contributed by atoms with Gasteiger partial charge in [0.05, 0.1) is 6.07 Å². The first-order chi connectivity index (χ1) is 10.5. The van der Waals surface area contributed by atoms with E-state index in [1.165, 1.54) is 6.07 Å². The second kappa shape index (κ2) is 5.32. The van der Waals surface area contributed by atoms with Gasteiger partial charge in [0.25, 0.3) is 0 Å². The van der Waals surface area contributed by atoms with E-state index in [0.717, 1.165) is 6.07 Å². The average Bonchev–Trinajstić information content (AvgIpc) is 3.14. The topological polar surface area (TPSA) is 109 Å². The highest BCUT2D eigenvalue weighted by Crippen LogP contribution is 2.24. The van der Waals surface area contributed by atoms with Crippen molar-refractivity contribution in [3.63, 3.8) is 0 Å². The number of para-hydroxylation sites is 2. The first-order valence-electron chi connectivity index (χ1n) is 6.35. The third-order valence-corrected chi connectivity index (χ3v) is 2.91. The van der Waals surface area contributed by atoms with Gasteiger partial charge in [0.1, 0.15) is 10.4 Å². The fourth-order valence-corrected chi connectivity index (χ4v) is 1.87. The van der Waals surface area contributed by atoms with Crippen LogP contribution in [0, 0.1) is 10.1 Å². The molecule has 8 nitrogen and oxygen atoms in total. The molecule has 0 aliphatic rings. The first-order valence-corrected chi connectivity index (χ1v) is 6.35. The lowest BCUT2D eigenvalue weighted by molar-refractivity contribution is -0.402. The smallest absolute Gasteiger partial charge is 0.433 e. The zero-order chi connectivity index (χ0) is 15.7. The van der Waals surface area contributed by atoms with Crippen LogP contribution in [0.25, 0.3) is 11.1 Å². The average molecular weight is 302 g/mol. The number of oxazole rings is 1.